The van der Waals surface area contributed by atoms with E-state index in [0.717, 1.165) is 27.0 Å². The molecule has 0 radical (unpaired) electrons. The van der Waals surface area contributed by atoms with Crippen molar-refractivity contribution in [1.82, 2.24) is 19.9 Å². The summed E-state index contributed by atoms with van der Waals surface area (Å²) in [6.45, 7) is 4.72. The van der Waals surface area contributed by atoms with Crippen molar-refractivity contribution in [2.24, 2.45) is 5.92 Å². The van der Waals surface area contributed by atoms with E-state index in [4.69, 9.17) is 9.47 Å². The van der Waals surface area contributed by atoms with E-state index < -0.39 is 0 Å². The van der Waals surface area contributed by atoms with Crippen molar-refractivity contribution in [2.45, 2.75) is 13.0 Å². The Morgan fingerprint density at radius 2 is 2.03 bits per heavy atom. The number of anilines is 3. The summed E-state index contributed by atoms with van der Waals surface area (Å²) >= 11 is 1.59. The van der Waals surface area contributed by atoms with E-state index >= 15 is 0 Å². The predicted octanol–water partition coefficient (Wildman–Crippen LogP) is 4.27. The monoisotopic (exact) mass is 476 g/mol. The Morgan fingerprint density at radius 3 is 2.79 bits per heavy atom. The zero-order chi connectivity index (χ0) is 23.2. The lowest BCUT2D eigenvalue weighted by molar-refractivity contribution is -0.0773. The Morgan fingerprint density at radius 1 is 1.15 bits per heavy atom. The van der Waals surface area contributed by atoms with Crippen LogP contribution in [0.5, 0.6) is 5.75 Å². The van der Waals surface area contributed by atoms with Crippen LogP contribution in [0.25, 0.3) is 21.1 Å². The number of amides is 2. The van der Waals surface area contributed by atoms with Gasteiger partial charge in [0.05, 0.1) is 45.5 Å². The summed E-state index contributed by atoms with van der Waals surface area (Å²) in [5.74, 6) is 1.63. The molecule has 0 spiro atoms. The van der Waals surface area contributed by atoms with Gasteiger partial charge in [-0.3, -0.25) is 4.90 Å². The van der Waals surface area contributed by atoms with E-state index in [-0.39, 0.29) is 12.1 Å². The molecule has 2 fully saturated rings. The molecule has 0 bridgehead atoms. The van der Waals surface area contributed by atoms with Gasteiger partial charge in [-0.2, -0.15) is 0 Å². The number of hydrogen-bond acceptors (Lipinski definition) is 8. The molecule has 2 saturated heterocycles. The van der Waals surface area contributed by atoms with E-state index in [1.54, 1.807) is 21.1 Å². The van der Waals surface area contributed by atoms with Gasteiger partial charge in [0.15, 0.2) is 0 Å². The zero-order valence-corrected chi connectivity index (χ0v) is 19.7. The average molecular weight is 477 g/mol. The van der Waals surface area contributed by atoms with Crippen molar-refractivity contribution in [3.05, 3.63) is 42.2 Å². The van der Waals surface area contributed by atoms with Crippen molar-refractivity contribution >= 4 is 55.7 Å². The maximum atomic E-state index is 12.7. The number of urea groups is 1. The first-order valence-corrected chi connectivity index (χ1v) is 12.1. The molecule has 2 aliphatic heterocycles. The number of nitrogens with zero attached hydrogens (tertiary/aromatic N) is 5. The van der Waals surface area contributed by atoms with Crippen molar-refractivity contribution < 1.29 is 14.3 Å². The van der Waals surface area contributed by atoms with Crippen molar-refractivity contribution in [3.63, 3.8) is 0 Å². The third kappa shape index (κ3) is 3.68. The van der Waals surface area contributed by atoms with E-state index in [1.165, 1.54) is 6.33 Å². The van der Waals surface area contributed by atoms with Crippen molar-refractivity contribution in [1.29, 1.82) is 0 Å². The zero-order valence-electron chi connectivity index (χ0n) is 18.9. The summed E-state index contributed by atoms with van der Waals surface area (Å²) in [6.07, 6.45) is 1.48. The number of benzene rings is 2. The van der Waals surface area contributed by atoms with E-state index in [0.29, 0.717) is 49.3 Å². The molecule has 4 aromatic rings. The van der Waals surface area contributed by atoms with Crippen molar-refractivity contribution in [2.75, 3.05) is 43.6 Å². The Hall–Kier alpha value is -3.50. The summed E-state index contributed by atoms with van der Waals surface area (Å²) in [5.41, 5.74) is 5.19. The summed E-state index contributed by atoms with van der Waals surface area (Å²) in [7, 11) is 1.81. The number of ether oxygens (including phenoxy) is 2. The fraction of sp³-hybridized carbons (Fsp3) is 0.333. The van der Waals surface area contributed by atoms with Crippen LogP contribution in [0.3, 0.4) is 0 Å². The lowest BCUT2D eigenvalue weighted by atomic mass is 10.0. The highest BCUT2D eigenvalue weighted by atomic mass is 32.1. The summed E-state index contributed by atoms with van der Waals surface area (Å²) in [5, 5.41) is 4.22. The molecule has 6 rings (SSSR count). The molecule has 2 aliphatic rings. The van der Waals surface area contributed by atoms with Crippen LogP contribution in [0, 0.1) is 5.92 Å². The fourth-order valence-electron chi connectivity index (χ4n) is 4.26. The largest absolute Gasteiger partial charge is 0.489 e. The van der Waals surface area contributed by atoms with Crippen LogP contribution in [0.15, 0.2) is 42.2 Å². The van der Waals surface area contributed by atoms with Gasteiger partial charge in [0.1, 0.15) is 24.0 Å². The normalized spacial score (nSPS) is 17.4. The van der Waals surface area contributed by atoms with Crippen LogP contribution < -0.4 is 15.0 Å². The minimum absolute atomic E-state index is 0.0315. The third-order valence-corrected chi connectivity index (χ3v) is 7.24. The van der Waals surface area contributed by atoms with Crippen LogP contribution in [0.2, 0.25) is 0 Å². The minimum Gasteiger partial charge on any atom is -0.489 e. The number of hydrogen-bond donors (Lipinski definition) is 1. The number of carbonyl (C=O) groups is 1. The molecule has 2 aromatic heterocycles. The maximum Gasteiger partial charge on any atom is 0.324 e. The molecule has 1 N–H and O–H groups in total. The smallest absolute Gasteiger partial charge is 0.324 e. The number of nitrogens with one attached hydrogen (secondary N) is 1. The predicted molar refractivity (Wildman–Crippen MR) is 132 cm³/mol. The van der Waals surface area contributed by atoms with Crippen LogP contribution in [-0.4, -0.2) is 65.3 Å². The summed E-state index contributed by atoms with van der Waals surface area (Å²) < 4.78 is 12.9. The van der Waals surface area contributed by atoms with Gasteiger partial charge in [0.2, 0.25) is 0 Å². The second-order valence-corrected chi connectivity index (χ2v) is 9.58. The fourth-order valence-corrected chi connectivity index (χ4v) is 4.98. The van der Waals surface area contributed by atoms with Gasteiger partial charge < -0.3 is 19.7 Å². The quantitative estimate of drug-likeness (QED) is 0.444. The lowest BCUT2D eigenvalue weighted by Gasteiger charge is -2.32. The molecule has 174 valence electrons. The molecule has 0 unspecified atom stereocenters. The number of carbonyl (C=O) groups excluding carboxylic acids is 1. The third-order valence-electron chi connectivity index (χ3n) is 6.45. The molecular weight excluding hydrogens is 452 g/mol. The maximum absolute atomic E-state index is 12.7. The number of fused-ring (bicyclic) bond motifs is 2. The first kappa shape index (κ1) is 21.1. The Labute approximate surface area is 200 Å². The van der Waals surface area contributed by atoms with E-state index in [9.17, 15) is 4.79 Å². The second kappa shape index (κ2) is 8.37. The SMILES string of the molecule is C[C@@H](Oc1cc(N2CCN(C)C2=O)cc2ncnc(Nc3ccc4ncsc4c3)c12)C1COC1. The van der Waals surface area contributed by atoms with Gasteiger partial charge >= 0.3 is 6.03 Å². The van der Waals surface area contributed by atoms with E-state index in [1.807, 2.05) is 36.8 Å². The van der Waals surface area contributed by atoms with Crippen LogP contribution >= 0.6 is 11.3 Å². The van der Waals surface area contributed by atoms with Gasteiger partial charge in [0.25, 0.3) is 0 Å². The molecule has 0 saturated carbocycles. The highest BCUT2D eigenvalue weighted by molar-refractivity contribution is 7.16. The van der Waals surface area contributed by atoms with E-state index in [2.05, 4.69) is 33.3 Å². The molecule has 34 heavy (non-hydrogen) atoms. The topological polar surface area (TPSA) is 92.7 Å². The molecule has 0 aliphatic carbocycles. The Kier molecular flexibility index (Phi) is 5.19. The number of thiazole rings is 1. The number of rotatable bonds is 6. The van der Waals surface area contributed by atoms with Gasteiger partial charge in [0, 0.05) is 37.8 Å². The van der Waals surface area contributed by atoms with Gasteiger partial charge in [-0.25, -0.2) is 19.7 Å². The molecule has 1 atom stereocenters. The Bertz CT molecular complexity index is 1390. The van der Waals surface area contributed by atoms with Crippen LogP contribution in [-0.2, 0) is 4.74 Å². The first-order chi connectivity index (χ1) is 16.6. The second-order valence-electron chi connectivity index (χ2n) is 8.70. The first-order valence-electron chi connectivity index (χ1n) is 11.2. The summed E-state index contributed by atoms with van der Waals surface area (Å²) in [6, 6.07) is 9.85. The highest BCUT2D eigenvalue weighted by Gasteiger charge is 2.30. The molecule has 2 aromatic carbocycles. The average Bonchev–Trinajstić information content (AvgIpc) is 3.38. The van der Waals surface area contributed by atoms with Gasteiger partial charge in [-0.05, 0) is 31.2 Å². The summed E-state index contributed by atoms with van der Waals surface area (Å²) in [4.78, 5) is 29.6. The molecule has 10 heteroatoms. The minimum atomic E-state index is -0.0502. The van der Waals surface area contributed by atoms with Gasteiger partial charge in [-0.15, -0.1) is 11.3 Å². The molecule has 4 heterocycles. The van der Waals surface area contributed by atoms with Crippen LogP contribution in [0.1, 0.15) is 6.92 Å². The van der Waals surface area contributed by atoms with Gasteiger partial charge in [-0.1, -0.05) is 0 Å². The Balaban J connectivity index is 1.43. The van der Waals surface area contributed by atoms with Crippen LogP contribution in [0.4, 0.5) is 22.0 Å². The van der Waals surface area contributed by atoms with Crippen molar-refractivity contribution in [3.8, 4) is 5.75 Å². The lowest BCUT2D eigenvalue weighted by Crippen LogP contribution is -2.39. The number of likely N-dealkylation sites (N-methyl/N-ethyl adjacent to an activating group) is 1. The standard InChI is InChI=1S/C24H24N6O3S/c1-14(15-10-32-11-15)33-20-9-17(30-6-5-29(2)24(30)31)8-19-22(20)23(26-12-25-19)28-16-3-4-18-21(7-16)34-13-27-18/h3-4,7-9,12-15H,5-6,10-11H2,1-2H3,(H,25,26,28)/t14-/m1/s1. The molecule has 2 amide bonds. The highest BCUT2D eigenvalue weighted by Crippen LogP contribution is 2.38. The molecule has 9 nitrogen and oxygen atoms in total. The number of aromatic nitrogens is 3. The molecular formula is C24H24N6O3S.